The van der Waals surface area contributed by atoms with Crippen molar-refractivity contribution in [1.29, 1.82) is 0 Å². The summed E-state index contributed by atoms with van der Waals surface area (Å²) < 4.78 is 0. The van der Waals surface area contributed by atoms with Crippen LogP contribution < -0.4 is 16.2 Å². The fraction of sp³-hybridized carbons (Fsp3) is 0.176. The minimum Gasteiger partial charge on any atom is -0.316 e. The molecule has 0 saturated heterocycles. The van der Waals surface area contributed by atoms with Gasteiger partial charge in [0, 0.05) is 22.4 Å². The molecule has 3 N–H and O–H groups in total. The normalized spacial score (nSPS) is 23.9. The number of nitrogens with one attached hydrogen (secondary N) is 3. The second-order valence-electron chi connectivity index (χ2n) is 5.97. The van der Waals surface area contributed by atoms with Crippen LogP contribution in [-0.4, -0.2) is 16.9 Å². The molecule has 3 aliphatic rings. The maximum atomic E-state index is 12.5. The van der Waals surface area contributed by atoms with Gasteiger partial charge in [-0.1, -0.05) is 42.0 Å². The van der Waals surface area contributed by atoms with Crippen molar-refractivity contribution in [2.75, 3.05) is 5.32 Å². The zero-order valence-corrected chi connectivity index (χ0v) is 13.0. The third-order valence-electron chi connectivity index (χ3n) is 4.51. The van der Waals surface area contributed by atoms with E-state index in [1.54, 1.807) is 0 Å². The number of hydrogen-bond donors (Lipinski definition) is 3. The Morgan fingerprint density at radius 2 is 2.17 bits per heavy atom. The van der Waals surface area contributed by atoms with Crippen molar-refractivity contribution in [1.82, 2.24) is 15.8 Å². The summed E-state index contributed by atoms with van der Waals surface area (Å²) in [5, 5.41) is 5.47. The summed E-state index contributed by atoms with van der Waals surface area (Å²) in [6.07, 6.45) is 3.30. The van der Waals surface area contributed by atoms with Gasteiger partial charge in [-0.2, -0.15) is 0 Å². The number of thiazole rings is 1. The smallest absolute Gasteiger partial charge is 0.275 e. The van der Waals surface area contributed by atoms with E-state index in [4.69, 9.17) is 0 Å². The molecular formula is C17H14N4OS. The first-order valence-corrected chi connectivity index (χ1v) is 8.46. The Bertz CT molecular complexity index is 868. The lowest BCUT2D eigenvalue weighted by Gasteiger charge is -2.05. The van der Waals surface area contributed by atoms with Gasteiger partial charge in [0.1, 0.15) is 5.70 Å². The minimum absolute atomic E-state index is 0.137. The van der Waals surface area contributed by atoms with E-state index in [0.29, 0.717) is 16.7 Å². The monoisotopic (exact) mass is 322 g/mol. The first-order chi connectivity index (χ1) is 11.3. The van der Waals surface area contributed by atoms with E-state index in [1.807, 2.05) is 35.7 Å². The molecule has 2 aromatic rings. The molecule has 6 heteroatoms. The van der Waals surface area contributed by atoms with Gasteiger partial charge < -0.3 is 5.43 Å². The van der Waals surface area contributed by atoms with Gasteiger partial charge in [0.2, 0.25) is 0 Å². The van der Waals surface area contributed by atoms with Crippen molar-refractivity contribution in [3.63, 3.8) is 0 Å². The third kappa shape index (κ3) is 2.10. The van der Waals surface area contributed by atoms with Crippen LogP contribution in [0.1, 0.15) is 6.42 Å². The molecule has 1 aliphatic heterocycles. The molecule has 1 saturated carbocycles. The first-order valence-electron chi connectivity index (χ1n) is 7.58. The van der Waals surface area contributed by atoms with Crippen LogP contribution in [0, 0.1) is 5.92 Å². The van der Waals surface area contributed by atoms with E-state index >= 15 is 0 Å². The van der Waals surface area contributed by atoms with Crippen LogP contribution in [-0.2, 0) is 4.79 Å². The van der Waals surface area contributed by atoms with Gasteiger partial charge in [0.25, 0.3) is 5.91 Å². The number of carbonyl (C=O) groups excluding carboxylic acids is 1. The van der Waals surface area contributed by atoms with Gasteiger partial charge in [-0.25, -0.2) is 10.4 Å². The van der Waals surface area contributed by atoms with Gasteiger partial charge in [-0.3, -0.25) is 10.1 Å². The quantitative estimate of drug-likeness (QED) is 0.812. The van der Waals surface area contributed by atoms with Crippen LogP contribution >= 0.6 is 11.3 Å². The first kappa shape index (κ1) is 13.0. The Balaban J connectivity index is 1.37. The molecule has 1 aromatic carbocycles. The van der Waals surface area contributed by atoms with E-state index in [-0.39, 0.29) is 11.9 Å². The van der Waals surface area contributed by atoms with Crippen molar-refractivity contribution in [2.24, 2.45) is 5.92 Å². The summed E-state index contributed by atoms with van der Waals surface area (Å²) in [4.78, 5) is 17.0. The average Bonchev–Trinajstić information content (AvgIpc) is 2.94. The Labute approximate surface area is 137 Å². The number of fused-ring (bicyclic) bond motifs is 3. The predicted octanol–water partition coefficient (Wildman–Crippen LogP) is 2.44. The number of hydrazine groups is 1. The number of anilines is 1. The van der Waals surface area contributed by atoms with Crippen LogP contribution in [0.2, 0.25) is 0 Å². The molecule has 5 rings (SSSR count). The highest BCUT2D eigenvalue weighted by Gasteiger charge is 2.48. The second-order valence-corrected chi connectivity index (χ2v) is 6.82. The summed E-state index contributed by atoms with van der Waals surface area (Å²) in [7, 11) is 0. The molecule has 2 atom stereocenters. The van der Waals surface area contributed by atoms with Crippen molar-refractivity contribution in [2.45, 2.75) is 12.5 Å². The maximum Gasteiger partial charge on any atom is 0.275 e. The maximum absolute atomic E-state index is 12.5. The molecule has 2 aliphatic carbocycles. The molecule has 0 radical (unpaired) electrons. The molecule has 1 amide bonds. The third-order valence-corrected chi connectivity index (χ3v) is 5.27. The molecule has 1 aromatic heterocycles. The highest BCUT2D eigenvalue weighted by molar-refractivity contribution is 7.14. The predicted molar refractivity (Wildman–Crippen MR) is 89.5 cm³/mol. The van der Waals surface area contributed by atoms with Crippen LogP contribution in [0.3, 0.4) is 0 Å². The number of amides is 1. The lowest BCUT2D eigenvalue weighted by Crippen LogP contribution is -2.35. The number of nitrogens with zero attached hydrogens (tertiary/aromatic N) is 1. The van der Waals surface area contributed by atoms with Gasteiger partial charge in [0.05, 0.1) is 11.7 Å². The van der Waals surface area contributed by atoms with E-state index in [2.05, 4.69) is 27.2 Å². The molecule has 23 heavy (non-hydrogen) atoms. The van der Waals surface area contributed by atoms with Crippen molar-refractivity contribution in [3.05, 3.63) is 58.6 Å². The van der Waals surface area contributed by atoms with Gasteiger partial charge in [-0.15, -0.1) is 11.3 Å². The molecule has 5 nitrogen and oxygen atoms in total. The van der Waals surface area contributed by atoms with Gasteiger partial charge in [0.15, 0.2) is 5.13 Å². The lowest BCUT2D eigenvalue weighted by atomic mass is 10.1. The SMILES string of the molecule is O=C(Nc1nc(-c2ccccc2)cs1)C1=C2C=C3CC3C2NN1. The molecule has 114 valence electrons. The van der Waals surface area contributed by atoms with E-state index in [9.17, 15) is 4.79 Å². The topological polar surface area (TPSA) is 66.0 Å². The van der Waals surface area contributed by atoms with Crippen LogP contribution in [0.25, 0.3) is 11.3 Å². The minimum atomic E-state index is -0.137. The van der Waals surface area contributed by atoms with E-state index in [1.165, 1.54) is 16.9 Å². The largest absolute Gasteiger partial charge is 0.316 e. The zero-order valence-electron chi connectivity index (χ0n) is 12.2. The van der Waals surface area contributed by atoms with Gasteiger partial charge >= 0.3 is 0 Å². The summed E-state index contributed by atoms with van der Waals surface area (Å²) in [5.74, 6) is 0.453. The standard InChI is InChI=1S/C17H14N4OS/c22-16(15-12-7-10-6-11(10)14(12)20-21-15)19-17-18-13(8-23-17)9-4-2-1-3-5-9/h1-5,7-8,11,14,20-21H,6H2,(H,18,19,22). The summed E-state index contributed by atoms with van der Waals surface area (Å²) in [5.41, 5.74) is 11.3. The number of hydrogen-bond acceptors (Lipinski definition) is 5. The van der Waals surface area contributed by atoms with Crippen molar-refractivity contribution in [3.8, 4) is 11.3 Å². The number of aromatic nitrogens is 1. The highest BCUT2D eigenvalue weighted by Crippen LogP contribution is 2.50. The summed E-state index contributed by atoms with van der Waals surface area (Å²) >= 11 is 1.44. The summed E-state index contributed by atoms with van der Waals surface area (Å²) in [6, 6.07) is 10.2. The summed E-state index contributed by atoms with van der Waals surface area (Å²) in [6.45, 7) is 0. The highest BCUT2D eigenvalue weighted by atomic mass is 32.1. The molecule has 2 heterocycles. The van der Waals surface area contributed by atoms with Gasteiger partial charge in [-0.05, 0) is 6.42 Å². The fourth-order valence-electron chi connectivity index (χ4n) is 3.25. The Morgan fingerprint density at radius 1 is 1.30 bits per heavy atom. The molecule has 0 bridgehead atoms. The van der Waals surface area contributed by atoms with E-state index < -0.39 is 0 Å². The van der Waals surface area contributed by atoms with Crippen molar-refractivity contribution < 1.29 is 4.79 Å². The average molecular weight is 322 g/mol. The van der Waals surface area contributed by atoms with Crippen LogP contribution in [0.15, 0.2) is 58.6 Å². The van der Waals surface area contributed by atoms with Crippen LogP contribution in [0.5, 0.6) is 0 Å². The Kier molecular flexibility index (Phi) is 2.71. The fourth-order valence-corrected chi connectivity index (χ4v) is 3.96. The number of rotatable bonds is 3. The number of benzene rings is 1. The Hall–Kier alpha value is -2.44. The number of carbonyl (C=O) groups is 1. The lowest BCUT2D eigenvalue weighted by molar-refractivity contribution is -0.113. The second kappa shape index (κ2) is 4.78. The molecule has 1 fully saturated rings. The Morgan fingerprint density at radius 3 is 3.04 bits per heavy atom. The van der Waals surface area contributed by atoms with Crippen LogP contribution in [0.4, 0.5) is 5.13 Å². The molecule has 0 spiro atoms. The molecular weight excluding hydrogens is 308 g/mol. The van der Waals surface area contributed by atoms with Crippen molar-refractivity contribution >= 4 is 22.4 Å². The molecule has 2 unspecified atom stereocenters. The zero-order chi connectivity index (χ0) is 15.4. The van der Waals surface area contributed by atoms with E-state index in [0.717, 1.165) is 23.3 Å².